The Labute approximate surface area is 203 Å². The minimum atomic E-state index is -4.43. The number of hydroxylamine groups is 1. The number of ether oxygens (including phenoxy) is 1. The molecule has 0 spiro atoms. The zero-order chi connectivity index (χ0) is 25.3. The summed E-state index contributed by atoms with van der Waals surface area (Å²) in [5.74, 6) is -1.63. The molecule has 1 aliphatic heterocycles. The molecule has 0 radical (unpaired) electrons. The van der Waals surface area contributed by atoms with Crippen molar-refractivity contribution in [2.45, 2.75) is 50.4 Å². The molecule has 2 aromatic rings. The highest BCUT2D eigenvalue weighted by Gasteiger charge is 2.32. The van der Waals surface area contributed by atoms with Gasteiger partial charge in [-0.15, -0.1) is 0 Å². The van der Waals surface area contributed by atoms with Gasteiger partial charge in [-0.25, -0.2) is 8.60 Å². The molecular weight excluding hydrogens is 488 g/mol. The van der Waals surface area contributed by atoms with Gasteiger partial charge >= 0.3 is 6.18 Å². The van der Waals surface area contributed by atoms with Crippen molar-refractivity contribution in [3.8, 4) is 5.75 Å². The molecule has 1 amide bonds. The molecule has 190 valence electrons. The van der Waals surface area contributed by atoms with Crippen LogP contribution in [0.5, 0.6) is 5.75 Å². The van der Waals surface area contributed by atoms with Gasteiger partial charge in [0.25, 0.3) is 5.91 Å². The lowest BCUT2D eigenvalue weighted by atomic mass is 9.97. The SMILES string of the molecule is CS(=O)N([O-])C(=O)c1cc(C2CC2)c(CN2CCC(Oc3cccc(C(F)(F)F)c3)CC2)cc1F. The van der Waals surface area contributed by atoms with E-state index < -0.39 is 34.4 Å². The average molecular weight is 514 g/mol. The molecule has 2 aromatic carbocycles. The van der Waals surface area contributed by atoms with E-state index in [4.69, 9.17) is 4.74 Å². The predicted molar refractivity (Wildman–Crippen MR) is 122 cm³/mol. The molecule has 35 heavy (non-hydrogen) atoms. The first-order chi connectivity index (χ1) is 16.5. The van der Waals surface area contributed by atoms with Gasteiger partial charge in [0.05, 0.1) is 11.1 Å². The average Bonchev–Trinajstić information content (AvgIpc) is 3.64. The van der Waals surface area contributed by atoms with Crippen LogP contribution in [0.25, 0.3) is 0 Å². The largest absolute Gasteiger partial charge is 0.744 e. The van der Waals surface area contributed by atoms with Crippen molar-refractivity contribution in [3.05, 3.63) is 69.7 Å². The van der Waals surface area contributed by atoms with Gasteiger partial charge in [0.2, 0.25) is 0 Å². The summed E-state index contributed by atoms with van der Waals surface area (Å²) in [7, 11) is -2.10. The molecule has 2 aliphatic rings. The summed E-state index contributed by atoms with van der Waals surface area (Å²) in [4.78, 5) is 14.4. The van der Waals surface area contributed by atoms with Crippen molar-refractivity contribution < 1.29 is 31.3 Å². The number of carbonyl (C=O) groups is 1. The highest BCUT2D eigenvalue weighted by atomic mass is 32.2. The number of hydrogen-bond donors (Lipinski definition) is 0. The highest BCUT2D eigenvalue weighted by molar-refractivity contribution is 7.82. The Morgan fingerprint density at radius 3 is 2.46 bits per heavy atom. The number of rotatable bonds is 7. The van der Waals surface area contributed by atoms with Crippen molar-refractivity contribution in [2.24, 2.45) is 0 Å². The zero-order valence-corrected chi connectivity index (χ0v) is 19.8. The Morgan fingerprint density at radius 1 is 1.17 bits per heavy atom. The van der Waals surface area contributed by atoms with E-state index in [1.807, 2.05) is 0 Å². The second-order valence-electron chi connectivity index (χ2n) is 8.91. The van der Waals surface area contributed by atoms with Crippen molar-refractivity contribution >= 4 is 16.9 Å². The van der Waals surface area contributed by atoms with E-state index in [0.29, 0.717) is 32.5 Å². The molecule has 6 nitrogen and oxygen atoms in total. The minimum Gasteiger partial charge on any atom is -0.744 e. The number of amides is 1. The summed E-state index contributed by atoms with van der Waals surface area (Å²) >= 11 is 0. The minimum absolute atomic E-state index is 0.178. The maximum atomic E-state index is 14.8. The number of benzene rings is 2. The molecule has 11 heteroatoms. The molecule has 2 fully saturated rings. The van der Waals surface area contributed by atoms with Gasteiger partial charge in [0.15, 0.2) is 0 Å². The van der Waals surface area contributed by atoms with Gasteiger partial charge in [-0.05, 0) is 73.1 Å². The topological polar surface area (TPSA) is 72.9 Å². The molecule has 0 N–H and O–H groups in total. The summed E-state index contributed by atoms with van der Waals surface area (Å²) in [5.41, 5.74) is 0.407. The van der Waals surface area contributed by atoms with E-state index in [9.17, 15) is 31.8 Å². The van der Waals surface area contributed by atoms with Crippen LogP contribution < -0.4 is 4.74 Å². The molecule has 1 unspecified atom stereocenters. The lowest BCUT2D eigenvalue weighted by Gasteiger charge is -2.33. The van der Waals surface area contributed by atoms with Gasteiger partial charge < -0.3 is 14.4 Å². The van der Waals surface area contributed by atoms with Crippen LogP contribution in [-0.4, -0.2) is 44.9 Å². The first kappa shape index (κ1) is 25.6. The Hall–Kier alpha value is -2.50. The van der Waals surface area contributed by atoms with Gasteiger partial charge in [-0.3, -0.25) is 9.69 Å². The number of alkyl halides is 3. The molecule has 1 heterocycles. The van der Waals surface area contributed by atoms with Crippen LogP contribution in [0.1, 0.15) is 58.6 Å². The van der Waals surface area contributed by atoms with Crippen LogP contribution in [0, 0.1) is 11.0 Å². The van der Waals surface area contributed by atoms with Crippen LogP contribution in [0.15, 0.2) is 36.4 Å². The fourth-order valence-corrected chi connectivity index (χ4v) is 4.62. The van der Waals surface area contributed by atoms with E-state index in [1.54, 1.807) is 0 Å². The molecular formula is C24H25F4N2O4S-. The second kappa shape index (κ2) is 10.2. The first-order valence-corrected chi connectivity index (χ1v) is 12.8. The second-order valence-corrected chi connectivity index (χ2v) is 10.1. The number of nitrogens with zero attached hydrogens (tertiary/aromatic N) is 2. The quantitative estimate of drug-likeness (QED) is 0.385. The van der Waals surface area contributed by atoms with Gasteiger partial charge in [0, 0.05) is 25.9 Å². The summed E-state index contributed by atoms with van der Waals surface area (Å²) in [6, 6.07) is 7.51. The highest BCUT2D eigenvalue weighted by Crippen LogP contribution is 2.43. The van der Waals surface area contributed by atoms with E-state index in [-0.39, 0.29) is 27.8 Å². The Balaban J connectivity index is 1.41. The Kier molecular flexibility index (Phi) is 7.48. The summed E-state index contributed by atoms with van der Waals surface area (Å²) in [5, 5.41) is 11.7. The van der Waals surface area contributed by atoms with Gasteiger partial charge in [-0.1, -0.05) is 6.07 Å². The molecule has 1 aliphatic carbocycles. The van der Waals surface area contributed by atoms with Crippen LogP contribution in [0.2, 0.25) is 0 Å². The lowest BCUT2D eigenvalue weighted by Crippen LogP contribution is -2.38. The molecule has 1 saturated heterocycles. The van der Waals surface area contributed by atoms with E-state index in [2.05, 4.69) is 4.90 Å². The Bertz CT molecular complexity index is 1120. The maximum Gasteiger partial charge on any atom is 0.416 e. The maximum absolute atomic E-state index is 14.8. The fourth-order valence-electron chi connectivity index (χ4n) is 4.29. The number of halogens is 4. The van der Waals surface area contributed by atoms with Crippen LogP contribution in [0.3, 0.4) is 0 Å². The molecule has 0 aromatic heterocycles. The number of carbonyl (C=O) groups excluding carboxylic acids is 1. The third kappa shape index (κ3) is 6.20. The number of likely N-dealkylation sites (tertiary alicyclic amines) is 1. The number of hydrogen-bond acceptors (Lipinski definition) is 5. The molecule has 0 bridgehead atoms. The Morgan fingerprint density at radius 2 is 1.86 bits per heavy atom. The van der Waals surface area contributed by atoms with Crippen molar-refractivity contribution in [1.82, 2.24) is 9.37 Å². The van der Waals surface area contributed by atoms with E-state index in [0.717, 1.165) is 42.4 Å². The normalized spacial score (nSPS) is 18.3. The summed E-state index contributed by atoms with van der Waals surface area (Å²) < 4.78 is 70.5. The van der Waals surface area contributed by atoms with Crippen LogP contribution >= 0.6 is 0 Å². The van der Waals surface area contributed by atoms with E-state index >= 15 is 0 Å². The standard InChI is InChI=1S/C24H25F4N2O4S/c1-35(33)30(32)23(31)21-13-20(15-5-6-15)16(11-22(21)25)14-29-9-7-18(8-10-29)34-19-4-2-3-17(12-19)24(26,27)28/h2-4,11-13,15,18H,5-10,14H2,1H3/q-1. The zero-order valence-electron chi connectivity index (χ0n) is 19.0. The van der Waals surface area contributed by atoms with Gasteiger partial charge in [-0.2, -0.15) is 13.2 Å². The van der Waals surface area contributed by atoms with Crippen LogP contribution in [0.4, 0.5) is 17.6 Å². The third-order valence-corrected chi connectivity index (χ3v) is 6.90. The lowest BCUT2D eigenvalue weighted by molar-refractivity contribution is -0.137. The first-order valence-electron chi connectivity index (χ1n) is 11.3. The molecule has 4 rings (SSSR count). The predicted octanol–water partition coefficient (Wildman–Crippen LogP) is 5.00. The van der Waals surface area contributed by atoms with Crippen molar-refractivity contribution in [2.75, 3.05) is 19.3 Å². The summed E-state index contributed by atoms with van der Waals surface area (Å²) in [6.07, 6.45) is -0.605. The van der Waals surface area contributed by atoms with Gasteiger partial charge in [0.1, 0.15) is 28.7 Å². The monoisotopic (exact) mass is 513 g/mol. The van der Waals surface area contributed by atoms with Crippen molar-refractivity contribution in [1.29, 1.82) is 0 Å². The fraction of sp³-hybridized carbons (Fsp3) is 0.458. The third-order valence-electron chi connectivity index (χ3n) is 6.27. The molecule has 1 saturated carbocycles. The van der Waals surface area contributed by atoms with E-state index in [1.165, 1.54) is 24.3 Å². The smallest absolute Gasteiger partial charge is 0.416 e. The van der Waals surface area contributed by atoms with Crippen LogP contribution in [-0.2, 0) is 23.7 Å². The van der Waals surface area contributed by atoms with Crippen molar-refractivity contribution in [3.63, 3.8) is 0 Å². The molecule has 1 atom stereocenters. The number of piperidine rings is 1. The summed E-state index contributed by atoms with van der Waals surface area (Å²) in [6.45, 7) is 1.66.